The average molecular weight is 311 g/mol. The van der Waals surface area contributed by atoms with Gasteiger partial charge in [-0.15, -0.1) is 0 Å². The van der Waals surface area contributed by atoms with Crippen LogP contribution in [0, 0.1) is 20.8 Å². The molecule has 4 nitrogen and oxygen atoms in total. The van der Waals surface area contributed by atoms with Crippen LogP contribution in [0.2, 0.25) is 0 Å². The van der Waals surface area contributed by atoms with Crippen molar-refractivity contribution < 1.29 is 9.53 Å². The molecule has 2 rings (SSSR count). The number of carbonyl (C=O) groups is 1. The first kappa shape index (κ1) is 13.1. The highest BCUT2D eigenvalue weighted by Gasteiger charge is 2.21. The molecule has 5 heteroatoms. The zero-order valence-electron chi connectivity index (χ0n) is 10.9. The third-order valence-electron chi connectivity index (χ3n) is 2.98. The number of hydrogen-bond acceptors (Lipinski definition) is 3. The third kappa shape index (κ3) is 1.92. The molecule has 0 N–H and O–H groups in total. The Kier molecular flexibility index (Phi) is 3.43. The van der Waals surface area contributed by atoms with E-state index in [0.29, 0.717) is 18.0 Å². The number of rotatable bonds is 2. The summed E-state index contributed by atoms with van der Waals surface area (Å²) in [7, 11) is 0. The van der Waals surface area contributed by atoms with Crippen LogP contribution in [-0.2, 0) is 4.74 Å². The van der Waals surface area contributed by atoms with E-state index >= 15 is 0 Å². The van der Waals surface area contributed by atoms with Crippen molar-refractivity contribution >= 4 is 27.5 Å². The minimum Gasteiger partial charge on any atom is -0.461 e. The predicted octanol–water partition coefficient (Wildman–Crippen LogP) is 3.20. The monoisotopic (exact) mass is 310 g/mol. The number of halogens is 1. The Labute approximate surface area is 114 Å². The molecule has 0 aliphatic carbocycles. The van der Waals surface area contributed by atoms with Crippen LogP contribution in [0.5, 0.6) is 0 Å². The molecule has 0 saturated carbocycles. The van der Waals surface area contributed by atoms with Crippen molar-refractivity contribution in [2.75, 3.05) is 6.61 Å². The Morgan fingerprint density at radius 1 is 1.44 bits per heavy atom. The van der Waals surface area contributed by atoms with E-state index in [1.54, 1.807) is 6.92 Å². The van der Waals surface area contributed by atoms with Crippen LogP contribution in [0.15, 0.2) is 10.5 Å². The van der Waals surface area contributed by atoms with Gasteiger partial charge in [0.1, 0.15) is 0 Å². The van der Waals surface area contributed by atoms with Crippen LogP contribution >= 0.6 is 15.9 Å². The maximum atomic E-state index is 12.0. The van der Waals surface area contributed by atoms with Gasteiger partial charge >= 0.3 is 5.97 Å². The van der Waals surface area contributed by atoms with Crippen molar-refractivity contribution in [3.05, 3.63) is 33.2 Å². The Hall–Kier alpha value is -1.36. The van der Waals surface area contributed by atoms with Crippen molar-refractivity contribution in [3.63, 3.8) is 0 Å². The first-order valence-electron chi connectivity index (χ1n) is 5.79. The zero-order chi connectivity index (χ0) is 13.4. The van der Waals surface area contributed by atoms with E-state index < -0.39 is 0 Å². The second-order valence-corrected chi connectivity index (χ2v) is 5.04. The summed E-state index contributed by atoms with van der Waals surface area (Å²) < 4.78 is 7.83. The second kappa shape index (κ2) is 4.72. The summed E-state index contributed by atoms with van der Waals surface area (Å²) >= 11 is 3.48. The summed E-state index contributed by atoms with van der Waals surface area (Å²) in [5, 5.41) is 0. The second-order valence-electron chi connectivity index (χ2n) is 4.19. The number of nitrogens with zero attached hydrogens (tertiary/aromatic N) is 2. The SMILES string of the molecule is CCOC(=O)c1c(C)nc2c(Br)cc(C)c(C)n12. The number of imidazole rings is 1. The molecule has 0 amide bonds. The van der Waals surface area contributed by atoms with Crippen LogP contribution < -0.4 is 0 Å². The molecule has 0 radical (unpaired) electrons. The topological polar surface area (TPSA) is 43.6 Å². The highest BCUT2D eigenvalue weighted by molar-refractivity contribution is 9.10. The van der Waals surface area contributed by atoms with E-state index in [1.807, 2.05) is 31.2 Å². The Bertz CT molecular complexity index is 632. The minimum absolute atomic E-state index is 0.330. The fourth-order valence-corrected chi connectivity index (χ4v) is 2.60. The summed E-state index contributed by atoms with van der Waals surface area (Å²) in [6, 6.07) is 2.01. The first-order chi connectivity index (χ1) is 8.47. The van der Waals surface area contributed by atoms with Gasteiger partial charge in [0.15, 0.2) is 11.3 Å². The van der Waals surface area contributed by atoms with Crippen molar-refractivity contribution in [1.82, 2.24) is 9.38 Å². The number of fused-ring (bicyclic) bond motifs is 1. The average Bonchev–Trinajstić information content (AvgIpc) is 2.65. The molecular weight excluding hydrogens is 296 g/mol. The Balaban J connectivity index is 2.81. The fraction of sp³-hybridized carbons (Fsp3) is 0.385. The molecule has 0 aliphatic heterocycles. The van der Waals surface area contributed by atoms with Crippen LogP contribution in [0.25, 0.3) is 5.65 Å². The number of hydrogen-bond donors (Lipinski definition) is 0. The van der Waals surface area contributed by atoms with Gasteiger partial charge in [0, 0.05) is 5.69 Å². The number of pyridine rings is 1. The van der Waals surface area contributed by atoms with Crippen molar-refractivity contribution in [2.45, 2.75) is 27.7 Å². The number of aryl methyl sites for hydroxylation is 3. The molecule has 18 heavy (non-hydrogen) atoms. The highest BCUT2D eigenvalue weighted by atomic mass is 79.9. The van der Waals surface area contributed by atoms with Crippen molar-refractivity contribution in [3.8, 4) is 0 Å². The standard InChI is InChI=1S/C13H15BrN2O2/c1-5-18-13(17)11-8(3)15-12-10(14)6-7(2)9(4)16(11)12/h6H,5H2,1-4H3. The van der Waals surface area contributed by atoms with E-state index in [0.717, 1.165) is 21.4 Å². The number of carbonyl (C=O) groups excluding carboxylic acids is 1. The molecule has 96 valence electrons. The summed E-state index contributed by atoms with van der Waals surface area (Å²) in [5.41, 5.74) is 4.03. The van der Waals surface area contributed by atoms with Gasteiger partial charge in [-0.1, -0.05) is 0 Å². The lowest BCUT2D eigenvalue weighted by molar-refractivity contribution is 0.0517. The summed E-state index contributed by atoms with van der Waals surface area (Å²) in [6.07, 6.45) is 0. The summed E-state index contributed by atoms with van der Waals surface area (Å²) in [6.45, 7) is 7.95. The van der Waals surface area contributed by atoms with Crippen molar-refractivity contribution in [2.24, 2.45) is 0 Å². The van der Waals surface area contributed by atoms with Gasteiger partial charge in [-0.05, 0) is 55.3 Å². The molecule has 0 spiro atoms. The number of ether oxygens (including phenoxy) is 1. The first-order valence-corrected chi connectivity index (χ1v) is 6.58. The molecule has 2 aromatic rings. The fourth-order valence-electron chi connectivity index (χ4n) is 1.99. The van der Waals surface area contributed by atoms with Gasteiger partial charge in [0.2, 0.25) is 0 Å². The molecule has 2 heterocycles. The van der Waals surface area contributed by atoms with Crippen LogP contribution in [0.3, 0.4) is 0 Å². The molecule has 0 aromatic carbocycles. The molecule has 0 saturated heterocycles. The number of aromatic nitrogens is 2. The normalized spacial score (nSPS) is 10.9. The highest BCUT2D eigenvalue weighted by Crippen LogP contribution is 2.25. The quantitative estimate of drug-likeness (QED) is 0.800. The van der Waals surface area contributed by atoms with Gasteiger partial charge in [0.25, 0.3) is 0 Å². The van der Waals surface area contributed by atoms with E-state index in [2.05, 4.69) is 20.9 Å². The maximum Gasteiger partial charge on any atom is 0.357 e. The zero-order valence-corrected chi connectivity index (χ0v) is 12.5. The van der Waals surface area contributed by atoms with Crippen LogP contribution in [-0.4, -0.2) is 22.0 Å². The van der Waals surface area contributed by atoms with Gasteiger partial charge in [-0.2, -0.15) is 0 Å². The summed E-state index contributed by atoms with van der Waals surface area (Å²) in [4.78, 5) is 16.5. The molecule has 0 fully saturated rings. The Morgan fingerprint density at radius 2 is 2.11 bits per heavy atom. The third-order valence-corrected chi connectivity index (χ3v) is 3.57. The maximum absolute atomic E-state index is 12.0. The largest absolute Gasteiger partial charge is 0.461 e. The lowest BCUT2D eigenvalue weighted by Crippen LogP contribution is -2.11. The van der Waals surface area contributed by atoms with Crippen LogP contribution in [0.1, 0.15) is 34.4 Å². The molecule has 2 aromatic heterocycles. The van der Waals surface area contributed by atoms with Crippen molar-refractivity contribution in [1.29, 1.82) is 0 Å². The van der Waals surface area contributed by atoms with Gasteiger partial charge in [-0.3, -0.25) is 4.40 Å². The summed E-state index contributed by atoms with van der Waals surface area (Å²) in [5.74, 6) is -0.330. The molecule has 0 bridgehead atoms. The Morgan fingerprint density at radius 3 is 2.72 bits per heavy atom. The molecular formula is C13H15BrN2O2. The lowest BCUT2D eigenvalue weighted by Gasteiger charge is -2.09. The van der Waals surface area contributed by atoms with E-state index in [4.69, 9.17) is 4.74 Å². The van der Waals surface area contributed by atoms with Crippen LogP contribution in [0.4, 0.5) is 0 Å². The minimum atomic E-state index is -0.330. The predicted molar refractivity (Wildman–Crippen MR) is 73.1 cm³/mol. The van der Waals surface area contributed by atoms with E-state index in [-0.39, 0.29) is 5.97 Å². The van der Waals surface area contributed by atoms with E-state index in [9.17, 15) is 4.79 Å². The number of esters is 1. The lowest BCUT2D eigenvalue weighted by atomic mass is 10.2. The van der Waals surface area contributed by atoms with Gasteiger partial charge in [0.05, 0.1) is 16.8 Å². The van der Waals surface area contributed by atoms with Gasteiger partial charge < -0.3 is 4.74 Å². The molecule has 0 aliphatic rings. The molecule has 0 unspecified atom stereocenters. The smallest absolute Gasteiger partial charge is 0.357 e. The molecule has 0 atom stereocenters. The van der Waals surface area contributed by atoms with Gasteiger partial charge in [-0.25, -0.2) is 9.78 Å². The van der Waals surface area contributed by atoms with E-state index in [1.165, 1.54) is 0 Å².